The summed E-state index contributed by atoms with van der Waals surface area (Å²) >= 11 is 0. The molecule has 1 aliphatic rings. The van der Waals surface area contributed by atoms with E-state index in [4.69, 9.17) is 9.47 Å². The molecular formula is C14H16O3. The van der Waals surface area contributed by atoms with Crippen LogP contribution >= 0.6 is 0 Å². The number of carbonyl (C=O) groups is 1. The van der Waals surface area contributed by atoms with Crippen molar-refractivity contribution in [2.75, 3.05) is 14.2 Å². The quantitative estimate of drug-likeness (QED) is 0.752. The van der Waals surface area contributed by atoms with Gasteiger partial charge in [-0.3, -0.25) is 4.79 Å². The molecule has 2 rings (SSSR count). The highest BCUT2D eigenvalue weighted by Gasteiger charge is 2.30. The van der Waals surface area contributed by atoms with E-state index in [-0.39, 0.29) is 11.7 Å². The van der Waals surface area contributed by atoms with Gasteiger partial charge in [-0.25, -0.2) is 0 Å². The second kappa shape index (κ2) is 4.62. The molecule has 1 saturated carbocycles. The van der Waals surface area contributed by atoms with E-state index in [2.05, 4.69) is 6.58 Å². The first kappa shape index (κ1) is 11.7. The summed E-state index contributed by atoms with van der Waals surface area (Å²) in [5.41, 5.74) is 1.67. The normalized spacial score (nSPS) is 19.5. The van der Waals surface area contributed by atoms with Crippen LogP contribution in [0.25, 0.3) is 0 Å². The molecule has 0 radical (unpaired) electrons. The molecule has 0 spiro atoms. The molecule has 1 aromatic rings. The van der Waals surface area contributed by atoms with Crippen molar-refractivity contribution in [3.05, 3.63) is 35.9 Å². The van der Waals surface area contributed by atoms with Crippen LogP contribution < -0.4 is 9.47 Å². The lowest BCUT2D eigenvalue weighted by molar-refractivity contribution is -0.114. The fraction of sp³-hybridized carbons (Fsp3) is 0.357. The highest BCUT2D eigenvalue weighted by atomic mass is 16.5. The minimum atomic E-state index is 0.0625. The van der Waals surface area contributed by atoms with Crippen molar-refractivity contribution in [2.45, 2.75) is 18.8 Å². The van der Waals surface area contributed by atoms with Crippen LogP contribution in [0.4, 0.5) is 0 Å². The monoisotopic (exact) mass is 232 g/mol. The Morgan fingerprint density at radius 2 is 2.06 bits per heavy atom. The van der Waals surface area contributed by atoms with E-state index in [0.717, 1.165) is 23.5 Å². The van der Waals surface area contributed by atoms with Gasteiger partial charge in [0.2, 0.25) is 0 Å². The van der Waals surface area contributed by atoms with Crippen LogP contribution in [0.3, 0.4) is 0 Å². The van der Waals surface area contributed by atoms with Gasteiger partial charge in [-0.15, -0.1) is 0 Å². The molecule has 0 aromatic heterocycles. The van der Waals surface area contributed by atoms with Gasteiger partial charge in [0.25, 0.3) is 0 Å². The molecule has 3 heteroatoms. The number of methoxy groups -OCH3 is 2. The highest BCUT2D eigenvalue weighted by Crippen LogP contribution is 2.41. The maximum atomic E-state index is 11.5. The minimum Gasteiger partial charge on any atom is -0.497 e. The summed E-state index contributed by atoms with van der Waals surface area (Å²) in [7, 11) is 3.26. The van der Waals surface area contributed by atoms with Crippen LogP contribution in [0, 0.1) is 0 Å². The van der Waals surface area contributed by atoms with Crippen molar-refractivity contribution in [3.63, 3.8) is 0 Å². The molecule has 1 aliphatic carbocycles. The smallest absolute Gasteiger partial charge is 0.158 e. The fourth-order valence-corrected chi connectivity index (χ4v) is 2.26. The third kappa shape index (κ3) is 2.05. The molecule has 0 saturated heterocycles. The maximum absolute atomic E-state index is 11.5. The van der Waals surface area contributed by atoms with Crippen molar-refractivity contribution < 1.29 is 14.3 Å². The minimum absolute atomic E-state index is 0.0625. The summed E-state index contributed by atoms with van der Waals surface area (Å²) in [5.74, 6) is 1.77. The first-order valence-electron chi connectivity index (χ1n) is 5.61. The van der Waals surface area contributed by atoms with Gasteiger partial charge in [-0.05, 0) is 30.2 Å². The van der Waals surface area contributed by atoms with E-state index >= 15 is 0 Å². The van der Waals surface area contributed by atoms with E-state index in [0.29, 0.717) is 12.0 Å². The number of ether oxygens (including phenoxy) is 2. The van der Waals surface area contributed by atoms with Crippen LogP contribution in [-0.2, 0) is 4.79 Å². The number of hydrogen-bond donors (Lipinski definition) is 0. The first-order valence-corrected chi connectivity index (χ1v) is 5.61. The Morgan fingerprint density at radius 1 is 1.29 bits per heavy atom. The van der Waals surface area contributed by atoms with Crippen molar-refractivity contribution >= 4 is 5.78 Å². The lowest BCUT2D eigenvalue weighted by Crippen LogP contribution is -2.02. The predicted molar refractivity (Wildman–Crippen MR) is 65.7 cm³/mol. The van der Waals surface area contributed by atoms with Crippen LogP contribution in [-0.4, -0.2) is 20.0 Å². The van der Waals surface area contributed by atoms with Gasteiger partial charge in [0.15, 0.2) is 5.78 Å². The molecule has 0 amide bonds. The highest BCUT2D eigenvalue weighted by molar-refractivity contribution is 5.98. The zero-order valence-electron chi connectivity index (χ0n) is 10.2. The average molecular weight is 232 g/mol. The molecule has 1 fully saturated rings. The molecule has 1 unspecified atom stereocenters. The summed E-state index contributed by atoms with van der Waals surface area (Å²) in [6, 6.07) is 5.64. The number of hydrogen-bond acceptors (Lipinski definition) is 3. The van der Waals surface area contributed by atoms with Crippen molar-refractivity contribution in [3.8, 4) is 11.5 Å². The number of allylic oxidation sites excluding steroid dienone is 1. The largest absolute Gasteiger partial charge is 0.497 e. The lowest BCUT2D eigenvalue weighted by atomic mass is 9.93. The van der Waals surface area contributed by atoms with Gasteiger partial charge in [0.1, 0.15) is 11.5 Å². The number of Topliss-reactive ketones (excluding diaryl/α,β-unsaturated/α-hetero) is 1. The third-order valence-electron chi connectivity index (χ3n) is 3.25. The first-order chi connectivity index (χ1) is 8.17. The van der Waals surface area contributed by atoms with Crippen molar-refractivity contribution in [1.82, 2.24) is 0 Å². The van der Waals surface area contributed by atoms with Gasteiger partial charge < -0.3 is 9.47 Å². The van der Waals surface area contributed by atoms with Gasteiger partial charge in [-0.1, -0.05) is 6.58 Å². The summed E-state index contributed by atoms with van der Waals surface area (Å²) in [5, 5.41) is 0. The van der Waals surface area contributed by atoms with Gasteiger partial charge in [0.05, 0.1) is 14.2 Å². The SMILES string of the molecule is C=C1C(=O)CCC1c1cc(OC)ccc1OC. The third-order valence-corrected chi connectivity index (χ3v) is 3.25. The van der Waals surface area contributed by atoms with Gasteiger partial charge in [0, 0.05) is 17.9 Å². The molecule has 0 heterocycles. The van der Waals surface area contributed by atoms with Crippen molar-refractivity contribution in [2.24, 2.45) is 0 Å². The fourth-order valence-electron chi connectivity index (χ4n) is 2.26. The van der Waals surface area contributed by atoms with Gasteiger partial charge >= 0.3 is 0 Å². The molecule has 0 N–H and O–H groups in total. The summed E-state index contributed by atoms with van der Waals surface area (Å²) < 4.78 is 10.5. The van der Waals surface area contributed by atoms with Crippen LogP contribution in [0.15, 0.2) is 30.4 Å². The molecule has 3 nitrogen and oxygen atoms in total. The summed E-state index contributed by atoms with van der Waals surface area (Å²) in [6.07, 6.45) is 1.38. The standard InChI is InChI=1S/C14H16O3/c1-9-11(5-6-13(9)15)12-8-10(16-2)4-7-14(12)17-3/h4,7-8,11H,1,5-6H2,2-3H3. The summed E-state index contributed by atoms with van der Waals surface area (Å²) in [6.45, 7) is 3.88. The second-order valence-corrected chi connectivity index (χ2v) is 4.15. The van der Waals surface area contributed by atoms with E-state index in [1.54, 1.807) is 14.2 Å². The molecule has 1 aromatic carbocycles. The van der Waals surface area contributed by atoms with Crippen LogP contribution in [0.2, 0.25) is 0 Å². The Morgan fingerprint density at radius 3 is 2.59 bits per heavy atom. The van der Waals surface area contributed by atoms with Gasteiger partial charge in [-0.2, -0.15) is 0 Å². The molecule has 1 atom stereocenters. The van der Waals surface area contributed by atoms with Crippen molar-refractivity contribution in [1.29, 1.82) is 0 Å². The summed E-state index contributed by atoms with van der Waals surface area (Å²) in [4.78, 5) is 11.5. The number of carbonyl (C=O) groups excluding carboxylic acids is 1. The van der Waals surface area contributed by atoms with E-state index in [1.807, 2.05) is 18.2 Å². The maximum Gasteiger partial charge on any atom is 0.158 e. The second-order valence-electron chi connectivity index (χ2n) is 4.15. The topological polar surface area (TPSA) is 35.5 Å². The van der Waals surface area contributed by atoms with Crippen LogP contribution in [0.5, 0.6) is 11.5 Å². The number of benzene rings is 1. The Kier molecular flexibility index (Phi) is 3.18. The predicted octanol–water partition coefficient (Wildman–Crippen LogP) is 2.71. The average Bonchev–Trinajstić information content (AvgIpc) is 2.69. The number of rotatable bonds is 3. The molecular weight excluding hydrogens is 216 g/mol. The Labute approximate surface area is 101 Å². The molecule has 0 bridgehead atoms. The zero-order valence-corrected chi connectivity index (χ0v) is 10.2. The molecule has 17 heavy (non-hydrogen) atoms. The Bertz CT molecular complexity index is 463. The van der Waals surface area contributed by atoms with E-state index < -0.39 is 0 Å². The zero-order chi connectivity index (χ0) is 12.4. The molecule has 90 valence electrons. The Balaban J connectivity index is 2.42. The molecule has 0 aliphatic heterocycles. The lowest BCUT2D eigenvalue weighted by Gasteiger charge is -2.16. The Hall–Kier alpha value is -1.77. The number of ketones is 1. The van der Waals surface area contributed by atoms with E-state index in [9.17, 15) is 4.79 Å². The van der Waals surface area contributed by atoms with Crippen LogP contribution in [0.1, 0.15) is 24.3 Å². The van der Waals surface area contributed by atoms with E-state index in [1.165, 1.54) is 0 Å².